The molecule has 1 fully saturated rings. The molecule has 3 rings (SSSR count). The maximum atomic E-state index is 15.6. The van der Waals surface area contributed by atoms with Crippen molar-refractivity contribution in [3.8, 4) is 0 Å². The molecule has 1 aliphatic rings. The molecule has 10 heteroatoms. The van der Waals surface area contributed by atoms with E-state index < -0.39 is 5.60 Å². The van der Waals surface area contributed by atoms with Crippen molar-refractivity contribution in [1.29, 1.82) is 0 Å². The van der Waals surface area contributed by atoms with Gasteiger partial charge in [0.1, 0.15) is 11.4 Å². The molecule has 1 aliphatic heterocycles. The quantitative estimate of drug-likeness (QED) is 0.196. The molecule has 3 atom stereocenters. The van der Waals surface area contributed by atoms with Gasteiger partial charge in [-0.05, 0) is 109 Å². The van der Waals surface area contributed by atoms with Gasteiger partial charge >= 0.3 is 6.09 Å². The van der Waals surface area contributed by atoms with E-state index in [1.165, 1.54) is 4.90 Å². The lowest BCUT2D eigenvalue weighted by Gasteiger charge is -2.28. The van der Waals surface area contributed by atoms with Crippen molar-refractivity contribution in [2.45, 2.75) is 85.4 Å². The van der Waals surface area contributed by atoms with Gasteiger partial charge in [0.2, 0.25) is 6.41 Å². The molecule has 0 bridgehead atoms. The first-order valence-electron chi connectivity index (χ1n) is 15.3. The Balaban J connectivity index is 1.65. The van der Waals surface area contributed by atoms with Gasteiger partial charge < -0.3 is 20.3 Å². The van der Waals surface area contributed by atoms with Crippen molar-refractivity contribution in [2.75, 3.05) is 31.6 Å². The molecule has 0 radical (unpaired) electrons. The summed E-state index contributed by atoms with van der Waals surface area (Å²) >= 11 is 1.12. The topological polar surface area (TPSA) is 105 Å². The normalized spacial score (nSPS) is 17.3. The number of ether oxygens (including phenoxy) is 1. The fourth-order valence-corrected chi connectivity index (χ4v) is 5.83. The molecule has 1 saturated heterocycles. The first kappa shape index (κ1) is 35.4. The lowest BCUT2D eigenvalue weighted by molar-refractivity contribution is -0.107. The molecule has 242 valence electrons. The van der Waals surface area contributed by atoms with E-state index in [2.05, 4.69) is 11.8 Å². The zero-order valence-electron chi connectivity index (χ0n) is 27.5. The molecule has 0 spiro atoms. The van der Waals surface area contributed by atoms with Crippen LogP contribution in [0.4, 0.5) is 14.9 Å². The van der Waals surface area contributed by atoms with Crippen LogP contribution in [0.15, 0.2) is 47.0 Å². The number of nitrogens with two attached hydrogens (primary N) is 2. The minimum atomic E-state index is -0.501. The second-order valence-electron chi connectivity index (χ2n) is 13.0. The van der Waals surface area contributed by atoms with Gasteiger partial charge in [0.05, 0.1) is 6.54 Å². The maximum Gasteiger partial charge on any atom is 0.410 e. The van der Waals surface area contributed by atoms with Crippen LogP contribution in [-0.4, -0.2) is 54.6 Å². The zero-order valence-corrected chi connectivity index (χ0v) is 28.3. The first-order valence-corrected chi connectivity index (χ1v) is 16.1. The van der Waals surface area contributed by atoms with E-state index in [0.29, 0.717) is 36.0 Å². The van der Waals surface area contributed by atoms with Crippen LogP contribution >= 0.6 is 11.9 Å². The van der Waals surface area contributed by atoms with Crippen LogP contribution in [0, 0.1) is 18.7 Å². The summed E-state index contributed by atoms with van der Waals surface area (Å²) < 4.78 is 21.1. The Morgan fingerprint density at radius 2 is 1.93 bits per heavy atom. The molecule has 1 heterocycles. The number of aryl methyl sites for hydroxylation is 1. The standard InChI is InChI=1S/C34H50FN5O3S/c1-22-16-28(24(3)38(8)14-12-26-13-15-39(19-26)33(42)43-34(5,6)7)18-31(35)30(22)20-40(21-41)29-11-9-10-27(17-29)23(2)32(36)25(4)44-37/h9-11,16-18,21,23-24,26H,12-15,19-20,36-37H2,1-8H3/b32-25-/t23-,24?,26?/m1/s1. The van der Waals surface area contributed by atoms with Crippen molar-refractivity contribution < 1.29 is 18.7 Å². The van der Waals surface area contributed by atoms with Crippen LogP contribution in [0.3, 0.4) is 0 Å². The molecule has 2 amide bonds. The Kier molecular flexibility index (Phi) is 12.3. The van der Waals surface area contributed by atoms with Crippen molar-refractivity contribution in [1.82, 2.24) is 9.80 Å². The van der Waals surface area contributed by atoms with Gasteiger partial charge in [0.25, 0.3) is 0 Å². The summed E-state index contributed by atoms with van der Waals surface area (Å²) in [4.78, 5) is 31.0. The van der Waals surface area contributed by atoms with Crippen molar-refractivity contribution in [3.05, 3.63) is 75.1 Å². The number of anilines is 1. The monoisotopic (exact) mass is 627 g/mol. The number of carbonyl (C=O) groups is 2. The summed E-state index contributed by atoms with van der Waals surface area (Å²) in [6.45, 7) is 15.8. The van der Waals surface area contributed by atoms with Crippen LogP contribution in [0.25, 0.3) is 0 Å². The fraction of sp³-hybridized carbons (Fsp3) is 0.529. The minimum Gasteiger partial charge on any atom is -0.444 e. The van der Waals surface area contributed by atoms with Crippen LogP contribution in [0.5, 0.6) is 0 Å². The van der Waals surface area contributed by atoms with Gasteiger partial charge in [-0.1, -0.05) is 37.1 Å². The van der Waals surface area contributed by atoms with E-state index in [1.54, 1.807) is 11.0 Å². The molecule has 0 aromatic heterocycles. The van der Waals surface area contributed by atoms with E-state index in [1.807, 2.05) is 78.9 Å². The third kappa shape index (κ3) is 9.22. The molecule has 8 nitrogen and oxygen atoms in total. The molecular weight excluding hydrogens is 577 g/mol. The van der Waals surface area contributed by atoms with E-state index >= 15 is 4.39 Å². The maximum absolute atomic E-state index is 15.6. The Labute approximate surface area is 267 Å². The molecule has 2 aromatic rings. The predicted octanol–water partition coefficient (Wildman–Crippen LogP) is 6.84. The van der Waals surface area contributed by atoms with Gasteiger partial charge in [-0.25, -0.2) is 9.18 Å². The number of allylic oxidation sites excluding steroid dienone is 2. The molecule has 44 heavy (non-hydrogen) atoms. The third-order valence-electron chi connectivity index (χ3n) is 8.62. The number of halogens is 1. The zero-order chi connectivity index (χ0) is 32.8. The predicted molar refractivity (Wildman–Crippen MR) is 178 cm³/mol. The number of benzene rings is 2. The highest BCUT2D eigenvalue weighted by molar-refractivity contribution is 8.00. The minimum absolute atomic E-state index is 0.00499. The SMILES string of the molecule is C/C(SN)=C(/N)[C@H](C)c1cccc(N(C=O)Cc2c(C)cc(C(C)N(C)CCC3CCN(C(=O)OC(C)(C)C)C3)cc2F)c1. The van der Waals surface area contributed by atoms with Crippen molar-refractivity contribution in [2.24, 2.45) is 16.8 Å². The summed E-state index contributed by atoms with van der Waals surface area (Å²) in [7, 11) is 2.05. The summed E-state index contributed by atoms with van der Waals surface area (Å²) in [5.74, 6) is -0.0126. The van der Waals surface area contributed by atoms with Crippen LogP contribution in [-0.2, 0) is 16.1 Å². The van der Waals surface area contributed by atoms with Gasteiger partial charge in [-0.3, -0.25) is 14.8 Å². The largest absolute Gasteiger partial charge is 0.444 e. The highest BCUT2D eigenvalue weighted by Crippen LogP contribution is 2.31. The number of nitrogens with zero attached hydrogens (tertiary/aromatic N) is 3. The van der Waals surface area contributed by atoms with Crippen molar-refractivity contribution in [3.63, 3.8) is 0 Å². The molecule has 2 aromatic carbocycles. The Morgan fingerprint density at radius 1 is 1.23 bits per heavy atom. The molecule has 2 unspecified atom stereocenters. The third-order valence-corrected chi connectivity index (χ3v) is 9.21. The van der Waals surface area contributed by atoms with Gasteiger partial charge in [-0.2, -0.15) is 0 Å². The number of likely N-dealkylation sites (tertiary alicyclic amines) is 1. The average Bonchev–Trinajstić information content (AvgIpc) is 3.46. The molecular formula is C34H50FN5O3S. The number of rotatable bonds is 12. The van der Waals surface area contributed by atoms with Crippen LogP contribution in [0.1, 0.15) is 88.6 Å². The van der Waals surface area contributed by atoms with E-state index in [9.17, 15) is 9.59 Å². The first-order chi connectivity index (χ1) is 20.6. The van der Waals surface area contributed by atoms with E-state index in [4.69, 9.17) is 15.6 Å². The van der Waals surface area contributed by atoms with Crippen LogP contribution < -0.4 is 15.8 Å². The van der Waals surface area contributed by atoms with Gasteiger partial charge in [-0.15, -0.1) is 0 Å². The summed E-state index contributed by atoms with van der Waals surface area (Å²) in [6.07, 6.45) is 2.38. The smallest absolute Gasteiger partial charge is 0.410 e. The van der Waals surface area contributed by atoms with Gasteiger partial charge in [0.15, 0.2) is 0 Å². The second kappa shape index (κ2) is 15.3. The van der Waals surface area contributed by atoms with Gasteiger partial charge in [0, 0.05) is 46.9 Å². The fourth-order valence-electron chi connectivity index (χ4n) is 5.52. The molecule has 0 aliphatic carbocycles. The summed E-state index contributed by atoms with van der Waals surface area (Å²) in [5.41, 5.74) is 10.2. The highest BCUT2D eigenvalue weighted by Gasteiger charge is 2.30. The van der Waals surface area contributed by atoms with Crippen molar-refractivity contribution >= 4 is 30.1 Å². The summed E-state index contributed by atoms with van der Waals surface area (Å²) in [6, 6.07) is 11.2. The summed E-state index contributed by atoms with van der Waals surface area (Å²) in [5, 5.41) is 5.69. The number of amides is 2. The van der Waals surface area contributed by atoms with E-state index in [-0.39, 0.29) is 30.4 Å². The molecule has 0 saturated carbocycles. The number of hydrogen-bond donors (Lipinski definition) is 2. The van der Waals surface area contributed by atoms with E-state index in [0.717, 1.165) is 59.3 Å². The lowest BCUT2D eigenvalue weighted by atomic mass is 9.96. The molecule has 4 N–H and O–H groups in total. The number of carbonyl (C=O) groups excluding carboxylic acids is 2. The Morgan fingerprint density at radius 3 is 2.55 bits per heavy atom. The number of hydrogen-bond acceptors (Lipinski definition) is 7. The Bertz CT molecular complexity index is 1320. The Hall–Kier alpha value is -3.08. The highest BCUT2D eigenvalue weighted by atomic mass is 32.2. The second-order valence-corrected chi connectivity index (χ2v) is 13.9. The van der Waals surface area contributed by atoms with Crippen LogP contribution in [0.2, 0.25) is 0 Å². The average molecular weight is 628 g/mol. The lowest BCUT2D eigenvalue weighted by Crippen LogP contribution is -2.35.